The molecule has 2 nitrogen and oxygen atoms in total. The molecule has 0 radical (unpaired) electrons. The van der Waals surface area contributed by atoms with Gasteiger partial charge in [0.2, 0.25) is 0 Å². The van der Waals surface area contributed by atoms with Crippen molar-refractivity contribution in [1.82, 2.24) is 4.90 Å². The van der Waals surface area contributed by atoms with Crippen molar-refractivity contribution in [3.63, 3.8) is 0 Å². The number of hydrogen-bond donors (Lipinski definition) is 1. The highest BCUT2D eigenvalue weighted by Gasteiger charge is 2.20. The Morgan fingerprint density at radius 3 is 2.67 bits per heavy atom. The lowest BCUT2D eigenvalue weighted by molar-refractivity contribution is 0.145. The molecule has 0 aliphatic carbocycles. The molecular weight excluding hydrogens is 291 g/mol. The first-order chi connectivity index (χ1) is 8.20. The minimum absolute atomic E-state index is 0. The van der Waals surface area contributed by atoms with Gasteiger partial charge in [0.25, 0.3) is 0 Å². The number of benzene rings is 1. The van der Waals surface area contributed by atoms with E-state index < -0.39 is 0 Å². The third-order valence-corrected chi connectivity index (χ3v) is 4.13. The monoisotopic (exact) mass is 308 g/mol. The summed E-state index contributed by atoms with van der Waals surface area (Å²) in [5.41, 5.74) is 7.02. The van der Waals surface area contributed by atoms with Crippen LogP contribution in [0, 0.1) is 0 Å². The molecule has 1 saturated heterocycles. The third kappa shape index (κ3) is 4.01. The van der Waals surface area contributed by atoms with Crippen molar-refractivity contribution >= 4 is 35.6 Å². The Kier molecular flexibility index (Phi) is 6.75. The smallest absolute Gasteiger partial charge is 0.0595 e. The number of rotatable bonds is 3. The number of piperidine rings is 1. The minimum atomic E-state index is 0. The van der Waals surface area contributed by atoms with Crippen molar-refractivity contribution in [2.75, 3.05) is 13.1 Å². The van der Waals surface area contributed by atoms with Gasteiger partial charge in [-0.25, -0.2) is 0 Å². The van der Waals surface area contributed by atoms with Crippen LogP contribution in [-0.4, -0.2) is 24.0 Å². The summed E-state index contributed by atoms with van der Waals surface area (Å²) in [5, 5.41) is 1.25. The second-order valence-electron chi connectivity index (χ2n) is 4.60. The molecule has 0 amide bonds. The van der Waals surface area contributed by atoms with E-state index in [4.69, 9.17) is 28.9 Å². The Morgan fingerprint density at radius 1 is 1.22 bits per heavy atom. The highest BCUT2D eigenvalue weighted by Crippen LogP contribution is 2.25. The number of nitrogens with two attached hydrogens (primary N) is 1. The Hall–Kier alpha value is 0.01000. The van der Waals surface area contributed by atoms with Gasteiger partial charge in [0.1, 0.15) is 0 Å². The first kappa shape index (κ1) is 16.1. The summed E-state index contributed by atoms with van der Waals surface area (Å²) in [6, 6.07) is 6.36. The van der Waals surface area contributed by atoms with Gasteiger partial charge in [-0.15, -0.1) is 12.4 Å². The van der Waals surface area contributed by atoms with Crippen molar-refractivity contribution in [3.05, 3.63) is 33.8 Å². The van der Waals surface area contributed by atoms with E-state index in [1.165, 1.54) is 24.8 Å². The zero-order valence-corrected chi connectivity index (χ0v) is 12.6. The van der Waals surface area contributed by atoms with Crippen LogP contribution < -0.4 is 5.73 Å². The van der Waals surface area contributed by atoms with Crippen LogP contribution in [0.2, 0.25) is 10.0 Å². The van der Waals surface area contributed by atoms with Gasteiger partial charge >= 0.3 is 0 Å². The quantitative estimate of drug-likeness (QED) is 0.922. The predicted molar refractivity (Wildman–Crippen MR) is 80.8 cm³/mol. The number of nitrogens with zero attached hydrogens (tertiary/aromatic N) is 1. The van der Waals surface area contributed by atoms with Crippen LogP contribution in [0.1, 0.15) is 24.8 Å². The molecule has 1 aliphatic heterocycles. The average molecular weight is 310 g/mol. The van der Waals surface area contributed by atoms with Gasteiger partial charge < -0.3 is 5.73 Å². The number of likely N-dealkylation sites (tertiary alicyclic amines) is 1. The van der Waals surface area contributed by atoms with Gasteiger partial charge in [0.15, 0.2) is 0 Å². The lowest BCUT2D eigenvalue weighted by Crippen LogP contribution is -2.43. The van der Waals surface area contributed by atoms with Crippen LogP contribution in [0.3, 0.4) is 0 Å². The topological polar surface area (TPSA) is 29.3 Å². The van der Waals surface area contributed by atoms with Crippen molar-refractivity contribution in [2.24, 2.45) is 5.73 Å². The maximum Gasteiger partial charge on any atom is 0.0595 e. The number of halogens is 3. The van der Waals surface area contributed by atoms with Gasteiger partial charge in [-0.05, 0) is 37.1 Å². The van der Waals surface area contributed by atoms with E-state index in [9.17, 15) is 0 Å². The maximum atomic E-state index is 6.03. The molecule has 5 heteroatoms. The molecule has 1 aromatic carbocycles. The fourth-order valence-electron chi connectivity index (χ4n) is 2.41. The fraction of sp³-hybridized carbons (Fsp3) is 0.538. The van der Waals surface area contributed by atoms with Crippen LogP contribution in [0.25, 0.3) is 0 Å². The zero-order valence-electron chi connectivity index (χ0n) is 10.2. The summed E-state index contributed by atoms with van der Waals surface area (Å²) in [6.07, 6.45) is 3.76. The van der Waals surface area contributed by atoms with Gasteiger partial charge in [0.05, 0.1) is 10.0 Å². The molecule has 0 spiro atoms. The molecule has 18 heavy (non-hydrogen) atoms. The number of hydrogen-bond acceptors (Lipinski definition) is 2. The highest BCUT2D eigenvalue weighted by molar-refractivity contribution is 6.42. The largest absolute Gasteiger partial charge is 0.329 e. The highest BCUT2D eigenvalue weighted by atomic mass is 35.5. The lowest BCUT2D eigenvalue weighted by atomic mass is 10.0. The van der Waals surface area contributed by atoms with Crippen molar-refractivity contribution < 1.29 is 0 Å². The van der Waals surface area contributed by atoms with Crippen LogP contribution >= 0.6 is 35.6 Å². The molecule has 1 unspecified atom stereocenters. The maximum absolute atomic E-state index is 6.03. The van der Waals surface area contributed by atoms with Crippen LogP contribution in [0.5, 0.6) is 0 Å². The van der Waals surface area contributed by atoms with E-state index in [-0.39, 0.29) is 12.4 Å². The standard InChI is InChI=1S/C13H18Cl2N2.ClH/c14-12-5-4-10(7-13(12)15)9-17-6-2-1-3-11(17)8-16;/h4-5,7,11H,1-3,6,8-9,16H2;1H. The summed E-state index contributed by atoms with van der Waals surface area (Å²) in [5.74, 6) is 0. The first-order valence-electron chi connectivity index (χ1n) is 6.08. The van der Waals surface area contributed by atoms with Gasteiger partial charge in [-0.3, -0.25) is 4.90 Å². The molecular formula is C13H19Cl3N2. The SMILES string of the molecule is Cl.NCC1CCCCN1Cc1ccc(Cl)c(Cl)c1. The first-order valence-corrected chi connectivity index (χ1v) is 6.84. The summed E-state index contributed by atoms with van der Waals surface area (Å²) in [7, 11) is 0. The summed E-state index contributed by atoms with van der Waals surface area (Å²) in [6.45, 7) is 2.78. The van der Waals surface area contributed by atoms with E-state index in [2.05, 4.69) is 4.90 Å². The Balaban J connectivity index is 0.00000162. The van der Waals surface area contributed by atoms with Crippen molar-refractivity contribution in [1.29, 1.82) is 0 Å². The fourth-order valence-corrected chi connectivity index (χ4v) is 2.73. The van der Waals surface area contributed by atoms with E-state index in [1.54, 1.807) is 0 Å². The summed E-state index contributed by atoms with van der Waals surface area (Å²) in [4.78, 5) is 2.45. The van der Waals surface area contributed by atoms with Gasteiger partial charge in [-0.1, -0.05) is 35.7 Å². The average Bonchev–Trinajstić information content (AvgIpc) is 2.34. The molecule has 102 valence electrons. The Morgan fingerprint density at radius 2 is 2.00 bits per heavy atom. The molecule has 1 fully saturated rings. The molecule has 0 saturated carbocycles. The van der Waals surface area contributed by atoms with E-state index in [0.29, 0.717) is 16.1 Å². The van der Waals surface area contributed by atoms with E-state index in [1.807, 2.05) is 18.2 Å². The molecule has 2 rings (SSSR count). The van der Waals surface area contributed by atoms with Crippen molar-refractivity contribution in [2.45, 2.75) is 31.8 Å². The molecule has 2 N–H and O–H groups in total. The summed E-state index contributed by atoms with van der Waals surface area (Å²) >= 11 is 11.9. The summed E-state index contributed by atoms with van der Waals surface area (Å²) < 4.78 is 0. The lowest BCUT2D eigenvalue weighted by Gasteiger charge is -2.35. The van der Waals surface area contributed by atoms with Crippen LogP contribution in [-0.2, 0) is 6.54 Å². The van der Waals surface area contributed by atoms with Gasteiger partial charge in [-0.2, -0.15) is 0 Å². The molecule has 1 heterocycles. The molecule has 1 aliphatic rings. The Bertz CT molecular complexity index is 384. The second kappa shape index (κ2) is 7.56. The van der Waals surface area contributed by atoms with Crippen LogP contribution in [0.4, 0.5) is 0 Å². The van der Waals surface area contributed by atoms with E-state index in [0.717, 1.165) is 19.6 Å². The predicted octanol–water partition coefficient (Wildman–Crippen LogP) is 3.73. The van der Waals surface area contributed by atoms with E-state index >= 15 is 0 Å². The Labute approximate surface area is 125 Å². The molecule has 0 aromatic heterocycles. The third-order valence-electron chi connectivity index (χ3n) is 3.39. The second-order valence-corrected chi connectivity index (χ2v) is 5.42. The van der Waals surface area contributed by atoms with Crippen LogP contribution in [0.15, 0.2) is 18.2 Å². The minimum Gasteiger partial charge on any atom is -0.329 e. The van der Waals surface area contributed by atoms with Gasteiger partial charge in [0, 0.05) is 19.1 Å². The normalized spacial score (nSPS) is 20.5. The zero-order chi connectivity index (χ0) is 12.3. The molecule has 1 atom stereocenters. The molecule has 0 bridgehead atoms. The molecule has 1 aromatic rings. The van der Waals surface area contributed by atoms with Crippen molar-refractivity contribution in [3.8, 4) is 0 Å².